The number of hydrogen-bond donors (Lipinski definition) is 1. The molecule has 1 aromatic carbocycles. The van der Waals surface area contributed by atoms with E-state index in [-0.39, 0.29) is 0 Å². The van der Waals surface area contributed by atoms with Gasteiger partial charge in [0.1, 0.15) is 0 Å². The van der Waals surface area contributed by atoms with Crippen molar-refractivity contribution in [2.45, 2.75) is 0 Å². The number of aromatic nitrogens is 1. The fourth-order valence-corrected chi connectivity index (χ4v) is 1.99. The van der Waals surface area contributed by atoms with Crippen molar-refractivity contribution in [3.8, 4) is 0 Å². The van der Waals surface area contributed by atoms with Crippen LogP contribution in [0.5, 0.6) is 0 Å². The number of pyridine rings is 1. The molecule has 0 unspecified atom stereocenters. The Balaban J connectivity index is 3.01. The first-order chi connectivity index (χ1) is 6.61. The van der Waals surface area contributed by atoms with Crippen LogP contribution in [0, 0.1) is 0 Å². The fourth-order valence-electron chi connectivity index (χ4n) is 1.23. The highest BCUT2D eigenvalue weighted by atomic mass is 79.9. The van der Waals surface area contributed by atoms with Gasteiger partial charge in [0.05, 0.1) is 25.7 Å². The van der Waals surface area contributed by atoms with Gasteiger partial charge in [0, 0.05) is 11.6 Å². The first-order valence-corrected chi connectivity index (χ1v) is 5.34. The molecule has 0 spiro atoms. The molecular weight excluding hydrogens is 287 g/mol. The number of benzene rings is 1. The lowest BCUT2D eigenvalue weighted by Gasteiger charge is -2.06. The molecule has 2 rings (SSSR count). The predicted molar refractivity (Wildman–Crippen MR) is 63.9 cm³/mol. The lowest BCUT2D eigenvalue weighted by Crippen LogP contribution is -1.92. The number of rotatable bonds is 0. The molecular formula is C9H5BrCl2N2. The van der Waals surface area contributed by atoms with Gasteiger partial charge in [-0.2, -0.15) is 0 Å². The molecule has 0 aliphatic heterocycles. The van der Waals surface area contributed by atoms with E-state index in [1.165, 1.54) is 0 Å². The lowest BCUT2D eigenvalue weighted by molar-refractivity contribution is 1.39. The summed E-state index contributed by atoms with van der Waals surface area (Å²) in [5, 5.41) is 1.79. The van der Waals surface area contributed by atoms with E-state index >= 15 is 0 Å². The second kappa shape index (κ2) is 3.57. The lowest BCUT2D eigenvalue weighted by atomic mass is 10.2. The van der Waals surface area contributed by atoms with Crippen LogP contribution in [0.25, 0.3) is 10.9 Å². The third kappa shape index (κ3) is 1.45. The monoisotopic (exact) mass is 290 g/mol. The van der Waals surface area contributed by atoms with Gasteiger partial charge >= 0.3 is 0 Å². The van der Waals surface area contributed by atoms with E-state index in [0.717, 1.165) is 0 Å². The van der Waals surface area contributed by atoms with E-state index in [1.807, 2.05) is 0 Å². The molecule has 1 aromatic heterocycles. The van der Waals surface area contributed by atoms with Gasteiger partial charge in [0.2, 0.25) is 0 Å². The largest absolute Gasteiger partial charge is 0.397 e. The van der Waals surface area contributed by atoms with E-state index in [1.54, 1.807) is 18.3 Å². The van der Waals surface area contributed by atoms with Gasteiger partial charge < -0.3 is 5.73 Å². The van der Waals surface area contributed by atoms with Crippen molar-refractivity contribution in [3.05, 3.63) is 32.8 Å². The number of fused-ring (bicyclic) bond motifs is 1. The molecule has 0 aliphatic rings. The van der Waals surface area contributed by atoms with Crippen LogP contribution < -0.4 is 5.73 Å². The Morgan fingerprint density at radius 1 is 1.21 bits per heavy atom. The molecule has 5 heteroatoms. The van der Waals surface area contributed by atoms with Crippen LogP contribution in [-0.4, -0.2) is 4.98 Å². The molecule has 0 amide bonds. The highest BCUT2D eigenvalue weighted by molar-refractivity contribution is 9.10. The summed E-state index contributed by atoms with van der Waals surface area (Å²) in [5.41, 5.74) is 7.04. The molecule has 0 saturated heterocycles. The van der Waals surface area contributed by atoms with Crippen molar-refractivity contribution in [1.29, 1.82) is 0 Å². The molecule has 2 nitrogen and oxygen atoms in total. The molecule has 0 aliphatic carbocycles. The van der Waals surface area contributed by atoms with Crippen molar-refractivity contribution >= 4 is 55.7 Å². The van der Waals surface area contributed by atoms with Gasteiger partial charge in [0.25, 0.3) is 0 Å². The maximum Gasteiger partial charge on any atom is 0.0924 e. The van der Waals surface area contributed by atoms with E-state index < -0.39 is 0 Å². The maximum atomic E-state index is 6.01. The Hall–Kier alpha value is -0.510. The van der Waals surface area contributed by atoms with E-state index in [0.29, 0.717) is 31.1 Å². The topological polar surface area (TPSA) is 38.9 Å². The van der Waals surface area contributed by atoms with Crippen LogP contribution in [0.4, 0.5) is 5.69 Å². The Morgan fingerprint density at radius 3 is 2.57 bits per heavy atom. The molecule has 1 heterocycles. The van der Waals surface area contributed by atoms with Gasteiger partial charge in [-0.1, -0.05) is 23.2 Å². The molecule has 0 radical (unpaired) electrons. The van der Waals surface area contributed by atoms with Crippen molar-refractivity contribution in [2.75, 3.05) is 5.73 Å². The van der Waals surface area contributed by atoms with Gasteiger partial charge in [-0.15, -0.1) is 0 Å². The Morgan fingerprint density at radius 2 is 1.86 bits per heavy atom. The van der Waals surface area contributed by atoms with Crippen LogP contribution in [0.15, 0.2) is 22.8 Å². The van der Waals surface area contributed by atoms with E-state index in [4.69, 9.17) is 28.9 Å². The molecule has 0 bridgehead atoms. The zero-order valence-electron chi connectivity index (χ0n) is 6.89. The van der Waals surface area contributed by atoms with Gasteiger partial charge in [-0.3, -0.25) is 4.98 Å². The molecule has 14 heavy (non-hydrogen) atoms. The second-order valence-corrected chi connectivity index (χ2v) is 4.44. The Labute approximate surface area is 99.1 Å². The van der Waals surface area contributed by atoms with Crippen LogP contribution in [-0.2, 0) is 0 Å². The zero-order chi connectivity index (χ0) is 10.3. The van der Waals surface area contributed by atoms with Crippen molar-refractivity contribution in [2.24, 2.45) is 0 Å². The molecule has 0 saturated carbocycles. The van der Waals surface area contributed by atoms with Crippen LogP contribution in [0.2, 0.25) is 10.0 Å². The predicted octanol–water partition coefficient (Wildman–Crippen LogP) is 3.89. The summed E-state index contributed by atoms with van der Waals surface area (Å²) in [6, 6.07) is 3.41. The smallest absolute Gasteiger partial charge is 0.0924 e. The summed E-state index contributed by atoms with van der Waals surface area (Å²) in [7, 11) is 0. The molecule has 2 aromatic rings. The van der Waals surface area contributed by atoms with Crippen molar-refractivity contribution in [1.82, 2.24) is 4.98 Å². The molecule has 0 fully saturated rings. The molecule has 2 N–H and O–H groups in total. The summed E-state index contributed by atoms with van der Waals surface area (Å²) >= 11 is 15.3. The average Bonchev–Trinajstić information content (AvgIpc) is 2.16. The third-order valence-electron chi connectivity index (χ3n) is 1.91. The minimum Gasteiger partial charge on any atom is -0.397 e. The minimum absolute atomic E-state index is 0.545. The highest BCUT2D eigenvalue weighted by Gasteiger charge is 2.09. The Bertz CT molecular complexity index is 514. The fraction of sp³-hybridized carbons (Fsp3) is 0. The van der Waals surface area contributed by atoms with Gasteiger partial charge in [-0.25, -0.2) is 0 Å². The normalized spacial score (nSPS) is 10.8. The number of hydrogen-bond acceptors (Lipinski definition) is 2. The maximum absolute atomic E-state index is 6.01. The number of nitrogens with two attached hydrogens (primary N) is 1. The summed E-state index contributed by atoms with van der Waals surface area (Å²) in [5.74, 6) is 0. The first-order valence-electron chi connectivity index (χ1n) is 3.79. The first kappa shape index (κ1) is 10.0. The number of anilines is 1. The minimum atomic E-state index is 0.545. The van der Waals surface area contributed by atoms with Crippen LogP contribution >= 0.6 is 39.1 Å². The highest BCUT2D eigenvalue weighted by Crippen LogP contribution is 2.35. The summed E-state index contributed by atoms with van der Waals surface area (Å²) in [6.45, 7) is 0. The third-order valence-corrected chi connectivity index (χ3v) is 3.16. The van der Waals surface area contributed by atoms with Gasteiger partial charge in [0.15, 0.2) is 0 Å². The number of nitrogen functional groups attached to an aromatic ring is 1. The zero-order valence-corrected chi connectivity index (χ0v) is 9.99. The molecule has 72 valence electrons. The summed E-state index contributed by atoms with van der Waals surface area (Å²) in [6.07, 6.45) is 1.61. The molecule has 0 atom stereocenters. The standard InChI is InChI=1S/C9H5BrCl2N2/c10-4-3-14-9-6(12)2-1-5(11)7(9)8(4)13/h1-3H,(H2,13,14). The van der Waals surface area contributed by atoms with E-state index in [2.05, 4.69) is 20.9 Å². The van der Waals surface area contributed by atoms with Crippen molar-refractivity contribution < 1.29 is 0 Å². The summed E-state index contributed by atoms with van der Waals surface area (Å²) < 4.78 is 0.717. The number of nitrogens with zero attached hydrogens (tertiary/aromatic N) is 1. The quantitative estimate of drug-likeness (QED) is 0.800. The second-order valence-electron chi connectivity index (χ2n) is 2.77. The van der Waals surface area contributed by atoms with E-state index in [9.17, 15) is 0 Å². The Kier molecular flexibility index (Phi) is 2.56. The van der Waals surface area contributed by atoms with Crippen molar-refractivity contribution in [3.63, 3.8) is 0 Å². The van der Waals surface area contributed by atoms with Crippen LogP contribution in [0.3, 0.4) is 0 Å². The van der Waals surface area contributed by atoms with Crippen LogP contribution in [0.1, 0.15) is 0 Å². The number of halogens is 3. The average molecular weight is 292 g/mol. The van der Waals surface area contributed by atoms with Gasteiger partial charge in [-0.05, 0) is 28.1 Å². The SMILES string of the molecule is Nc1c(Br)cnc2c(Cl)ccc(Cl)c12. The summed E-state index contributed by atoms with van der Waals surface area (Å²) in [4.78, 5) is 4.16.